The highest BCUT2D eigenvalue weighted by Crippen LogP contribution is 2.44. The van der Waals surface area contributed by atoms with Gasteiger partial charge in [0.15, 0.2) is 5.82 Å². The van der Waals surface area contributed by atoms with Crippen molar-refractivity contribution < 1.29 is 0 Å². The van der Waals surface area contributed by atoms with Crippen molar-refractivity contribution in [2.45, 2.75) is 6.42 Å². The fourth-order valence-corrected chi connectivity index (χ4v) is 10.2. The Bertz CT molecular complexity index is 3930. The lowest BCUT2D eigenvalue weighted by Gasteiger charge is -2.12. The Labute approximate surface area is 400 Å². The second kappa shape index (κ2) is 16.9. The lowest BCUT2D eigenvalue weighted by molar-refractivity contribution is 1.18. The molecule has 1 aliphatic carbocycles. The number of H-pyrrole nitrogens is 1. The minimum atomic E-state index is 0.683. The number of hydrogen-bond donors (Lipinski definition) is 1. The summed E-state index contributed by atoms with van der Waals surface area (Å²) < 4.78 is 2.41. The molecule has 69 heavy (non-hydrogen) atoms. The second-order valence-corrected chi connectivity index (χ2v) is 17.8. The molecule has 324 valence electrons. The number of nitrogens with zero attached hydrogens (tertiary/aromatic N) is 3. The van der Waals surface area contributed by atoms with Gasteiger partial charge in [0.1, 0.15) is 0 Å². The maximum atomic E-state index is 5.39. The Morgan fingerprint density at radius 1 is 0.362 bits per heavy atom. The van der Waals surface area contributed by atoms with E-state index in [1.165, 1.54) is 32.9 Å². The van der Waals surface area contributed by atoms with E-state index in [0.717, 1.165) is 95.4 Å². The summed E-state index contributed by atoms with van der Waals surface area (Å²) in [5.74, 6) is 0.683. The molecule has 0 saturated carbocycles. The first kappa shape index (κ1) is 40.2. The van der Waals surface area contributed by atoms with Crippen LogP contribution in [0, 0.1) is 0 Å². The van der Waals surface area contributed by atoms with Crippen LogP contribution >= 0.6 is 0 Å². The van der Waals surface area contributed by atoms with Gasteiger partial charge >= 0.3 is 0 Å². The van der Waals surface area contributed by atoms with E-state index < -0.39 is 0 Å². The van der Waals surface area contributed by atoms with Gasteiger partial charge in [-0.2, -0.15) is 0 Å². The maximum absolute atomic E-state index is 5.39. The molecule has 4 nitrogen and oxygen atoms in total. The molecule has 1 aliphatic rings. The van der Waals surface area contributed by atoms with Gasteiger partial charge in [-0.1, -0.05) is 182 Å². The van der Waals surface area contributed by atoms with E-state index in [-0.39, 0.29) is 0 Å². The summed E-state index contributed by atoms with van der Waals surface area (Å²) in [6.45, 7) is 0. The van der Waals surface area contributed by atoms with E-state index in [4.69, 9.17) is 9.97 Å². The topological polar surface area (TPSA) is 46.5 Å². The molecule has 0 atom stereocenters. The van der Waals surface area contributed by atoms with Crippen LogP contribution in [0.15, 0.2) is 249 Å². The zero-order valence-corrected chi connectivity index (χ0v) is 37.7. The second-order valence-electron chi connectivity index (χ2n) is 17.8. The molecule has 9 aromatic carbocycles. The number of para-hydroxylation sites is 1. The zero-order chi connectivity index (χ0) is 45.7. The number of benzene rings is 9. The van der Waals surface area contributed by atoms with Gasteiger partial charge < -0.3 is 9.55 Å². The Morgan fingerprint density at radius 2 is 0.870 bits per heavy atom. The molecule has 12 aromatic rings. The van der Waals surface area contributed by atoms with Crippen molar-refractivity contribution in [3.05, 3.63) is 254 Å². The smallest absolute Gasteiger partial charge is 0.160 e. The Balaban J connectivity index is 1.10. The van der Waals surface area contributed by atoms with Crippen molar-refractivity contribution in [3.63, 3.8) is 0 Å². The number of nitrogens with one attached hydrogen (secondary N) is 1. The average Bonchev–Trinajstić information content (AvgIpc) is 3.82. The largest absolute Gasteiger partial charge is 0.353 e. The molecule has 3 heterocycles. The third-order valence-electron chi connectivity index (χ3n) is 13.6. The van der Waals surface area contributed by atoms with E-state index in [2.05, 4.69) is 234 Å². The number of fused-ring (bicyclic) bond motifs is 6. The van der Waals surface area contributed by atoms with Crippen LogP contribution < -0.4 is 0 Å². The van der Waals surface area contributed by atoms with Crippen molar-refractivity contribution >= 4 is 49.2 Å². The molecule has 0 saturated heterocycles. The SMILES string of the molecule is C1=CC=C(c2ccc3c(c2)c2cc(-c4cc(-c5ccccc5)cc5c4[nH]c4c(-c6cc(-c7ccccc7)nc(-c7ccccc7)n6)cc(-c6ccccc6)cc45)ccc2n3-c2ccccc2)CC=C1. The number of aromatic nitrogens is 4. The lowest BCUT2D eigenvalue weighted by atomic mass is 9.93. The van der Waals surface area contributed by atoms with Crippen molar-refractivity contribution in [3.8, 4) is 73.0 Å². The fourth-order valence-electron chi connectivity index (χ4n) is 10.2. The lowest BCUT2D eigenvalue weighted by Crippen LogP contribution is -1.96. The molecular formula is C65H44N4. The third kappa shape index (κ3) is 7.27. The Hall–Kier alpha value is -9.12. The van der Waals surface area contributed by atoms with Crippen molar-refractivity contribution in [2.75, 3.05) is 0 Å². The van der Waals surface area contributed by atoms with Crippen LogP contribution in [0.4, 0.5) is 0 Å². The maximum Gasteiger partial charge on any atom is 0.160 e. The summed E-state index contributed by atoms with van der Waals surface area (Å²) in [5, 5.41) is 4.71. The molecule has 4 heteroatoms. The summed E-state index contributed by atoms with van der Waals surface area (Å²) in [4.78, 5) is 14.6. The van der Waals surface area contributed by atoms with Gasteiger partial charge in [-0.3, -0.25) is 0 Å². The molecule has 0 radical (unpaired) electrons. The summed E-state index contributed by atoms with van der Waals surface area (Å²) in [7, 11) is 0. The summed E-state index contributed by atoms with van der Waals surface area (Å²) in [6, 6.07) is 78.4. The highest BCUT2D eigenvalue weighted by molar-refractivity contribution is 6.19. The predicted molar refractivity (Wildman–Crippen MR) is 289 cm³/mol. The molecule has 0 unspecified atom stereocenters. The minimum Gasteiger partial charge on any atom is -0.353 e. The number of aromatic amines is 1. The van der Waals surface area contributed by atoms with Gasteiger partial charge in [0.05, 0.1) is 33.5 Å². The summed E-state index contributed by atoms with van der Waals surface area (Å²) in [6.07, 6.45) is 11.7. The molecule has 13 rings (SSSR count). The van der Waals surface area contributed by atoms with Crippen LogP contribution in [0.1, 0.15) is 12.0 Å². The van der Waals surface area contributed by atoms with Crippen LogP contribution in [0.25, 0.3) is 122 Å². The van der Waals surface area contributed by atoms with Crippen LogP contribution in [0.3, 0.4) is 0 Å². The zero-order valence-electron chi connectivity index (χ0n) is 37.7. The van der Waals surface area contributed by atoms with Crippen molar-refractivity contribution in [1.29, 1.82) is 0 Å². The van der Waals surface area contributed by atoms with Gasteiger partial charge in [-0.25, -0.2) is 9.97 Å². The van der Waals surface area contributed by atoms with E-state index in [9.17, 15) is 0 Å². The van der Waals surface area contributed by atoms with Crippen LogP contribution in [-0.2, 0) is 0 Å². The molecular weight excluding hydrogens is 837 g/mol. The standard InChI is InChI=1S/C65H44N4/c1-2-9-21-43(20-8-1)48-32-34-61-54(36-48)55-37-49(33-35-62(55)69(61)52-30-18-7-19-31-52)53-38-50(44-22-10-3-11-23-44)39-56-57-40-51(45-24-12-4-13-25-45)41-58(64(57)68-63(53)56)60-42-59(46-26-14-5-15-27-46)66-65(67-60)47-28-16-6-17-29-47/h1-20,22-42,68H,21H2. The number of hydrogen-bond acceptors (Lipinski definition) is 2. The first-order chi connectivity index (χ1) is 34.2. The Kier molecular flexibility index (Phi) is 9.87. The van der Waals surface area contributed by atoms with E-state index in [1.807, 2.05) is 24.3 Å². The van der Waals surface area contributed by atoms with Gasteiger partial charge in [-0.05, 0) is 112 Å². The highest BCUT2D eigenvalue weighted by Gasteiger charge is 2.22. The quantitative estimate of drug-likeness (QED) is 0.165. The number of allylic oxidation sites excluding steroid dienone is 6. The molecule has 3 aromatic heterocycles. The monoisotopic (exact) mass is 880 g/mol. The van der Waals surface area contributed by atoms with Crippen LogP contribution in [-0.4, -0.2) is 19.5 Å². The van der Waals surface area contributed by atoms with Crippen molar-refractivity contribution in [1.82, 2.24) is 19.5 Å². The molecule has 0 bridgehead atoms. The van der Waals surface area contributed by atoms with E-state index >= 15 is 0 Å². The third-order valence-corrected chi connectivity index (χ3v) is 13.6. The highest BCUT2D eigenvalue weighted by atomic mass is 15.0. The molecule has 0 aliphatic heterocycles. The summed E-state index contributed by atoms with van der Waals surface area (Å²) >= 11 is 0. The van der Waals surface area contributed by atoms with Gasteiger partial charge in [0.2, 0.25) is 0 Å². The van der Waals surface area contributed by atoms with Crippen LogP contribution in [0.5, 0.6) is 0 Å². The van der Waals surface area contributed by atoms with Crippen LogP contribution in [0.2, 0.25) is 0 Å². The predicted octanol–water partition coefficient (Wildman–Crippen LogP) is 17.1. The Morgan fingerprint density at radius 3 is 1.51 bits per heavy atom. The molecule has 0 fully saturated rings. The van der Waals surface area contributed by atoms with Gasteiger partial charge in [0.25, 0.3) is 0 Å². The molecule has 0 spiro atoms. The first-order valence-corrected chi connectivity index (χ1v) is 23.6. The van der Waals surface area contributed by atoms with E-state index in [1.54, 1.807) is 0 Å². The average molecular weight is 881 g/mol. The normalized spacial score (nSPS) is 12.6. The first-order valence-electron chi connectivity index (χ1n) is 23.6. The van der Waals surface area contributed by atoms with Crippen molar-refractivity contribution in [2.24, 2.45) is 0 Å². The fraction of sp³-hybridized carbons (Fsp3) is 0.0154. The van der Waals surface area contributed by atoms with E-state index in [0.29, 0.717) is 5.82 Å². The minimum absolute atomic E-state index is 0.683. The molecule has 0 amide bonds. The number of rotatable bonds is 8. The van der Waals surface area contributed by atoms with Gasteiger partial charge in [0, 0.05) is 49.5 Å². The molecule has 1 N–H and O–H groups in total. The summed E-state index contributed by atoms with van der Waals surface area (Å²) in [5.41, 5.74) is 19.7. The van der Waals surface area contributed by atoms with Gasteiger partial charge in [-0.15, -0.1) is 0 Å².